The zero-order valence-electron chi connectivity index (χ0n) is 11.2. The summed E-state index contributed by atoms with van der Waals surface area (Å²) >= 11 is 3.33. The van der Waals surface area contributed by atoms with E-state index in [0.717, 1.165) is 14.7 Å². The SMILES string of the molecule is Cc1cc2n(n1)[C@@H](C(F)(F)F)C[C@@H](c1ccc(Br)cc1)N2. The number of nitrogens with one attached hydrogen (secondary N) is 1. The summed E-state index contributed by atoms with van der Waals surface area (Å²) in [4.78, 5) is 0. The molecule has 0 spiro atoms. The van der Waals surface area contributed by atoms with Crippen LogP contribution in [0, 0.1) is 6.92 Å². The second-order valence-electron chi connectivity index (χ2n) is 5.16. The second-order valence-corrected chi connectivity index (χ2v) is 6.07. The van der Waals surface area contributed by atoms with Gasteiger partial charge in [0.05, 0.1) is 11.7 Å². The molecule has 3 nitrogen and oxygen atoms in total. The topological polar surface area (TPSA) is 29.9 Å². The van der Waals surface area contributed by atoms with Crippen molar-refractivity contribution in [2.45, 2.75) is 31.6 Å². The molecule has 1 N–H and O–H groups in total. The smallest absolute Gasteiger partial charge is 0.363 e. The lowest BCUT2D eigenvalue weighted by atomic mass is 9.97. The number of halogens is 4. The number of anilines is 1. The van der Waals surface area contributed by atoms with Gasteiger partial charge >= 0.3 is 6.18 Å². The Kier molecular flexibility index (Phi) is 3.47. The molecule has 21 heavy (non-hydrogen) atoms. The van der Waals surface area contributed by atoms with Crippen LogP contribution in [-0.2, 0) is 0 Å². The first kappa shape index (κ1) is 14.4. The molecule has 0 amide bonds. The lowest BCUT2D eigenvalue weighted by Gasteiger charge is -2.33. The first-order valence-electron chi connectivity index (χ1n) is 6.49. The fourth-order valence-electron chi connectivity index (χ4n) is 2.61. The third-order valence-corrected chi connectivity index (χ3v) is 4.11. The largest absolute Gasteiger partial charge is 0.410 e. The van der Waals surface area contributed by atoms with Crippen molar-refractivity contribution in [1.82, 2.24) is 9.78 Å². The maximum absolute atomic E-state index is 13.3. The van der Waals surface area contributed by atoms with Crippen molar-refractivity contribution in [2.75, 3.05) is 5.32 Å². The molecule has 0 radical (unpaired) electrons. The van der Waals surface area contributed by atoms with Crippen LogP contribution in [0.4, 0.5) is 19.0 Å². The highest BCUT2D eigenvalue weighted by atomic mass is 79.9. The Labute approximate surface area is 128 Å². The highest BCUT2D eigenvalue weighted by molar-refractivity contribution is 9.10. The molecule has 1 aliphatic heterocycles. The van der Waals surface area contributed by atoms with Crippen LogP contribution in [0.25, 0.3) is 0 Å². The van der Waals surface area contributed by atoms with E-state index in [0.29, 0.717) is 11.5 Å². The molecule has 7 heteroatoms. The van der Waals surface area contributed by atoms with Crippen molar-refractivity contribution < 1.29 is 13.2 Å². The van der Waals surface area contributed by atoms with Gasteiger partial charge in [-0.3, -0.25) is 0 Å². The van der Waals surface area contributed by atoms with Crippen LogP contribution in [0.2, 0.25) is 0 Å². The molecule has 1 aliphatic rings. The number of alkyl halides is 3. The molecule has 0 saturated heterocycles. The summed E-state index contributed by atoms with van der Waals surface area (Å²) in [6.07, 6.45) is -4.39. The fraction of sp³-hybridized carbons (Fsp3) is 0.357. The van der Waals surface area contributed by atoms with E-state index in [2.05, 4.69) is 26.3 Å². The Bertz CT molecular complexity index is 648. The summed E-state index contributed by atoms with van der Waals surface area (Å²) in [5.41, 5.74) is 1.40. The average molecular weight is 360 g/mol. The molecule has 0 unspecified atom stereocenters. The van der Waals surface area contributed by atoms with E-state index < -0.39 is 12.2 Å². The zero-order valence-corrected chi connectivity index (χ0v) is 12.7. The molecule has 0 fully saturated rings. The highest BCUT2D eigenvalue weighted by Crippen LogP contribution is 2.43. The van der Waals surface area contributed by atoms with E-state index in [4.69, 9.17) is 0 Å². The third kappa shape index (κ3) is 2.79. The minimum Gasteiger partial charge on any atom is -0.363 e. The maximum Gasteiger partial charge on any atom is 0.410 e. The summed E-state index contributed by atoms with van der Waals surface area (Å²) < 4.78 is 41.8. The fourth-order valence-corrected chi connectivity index (χ4v) is 2.87. The molecular formula is C14H13BrF3N3. The first-order chi connectivity index (χ1) is 9.84. The Balaban J connectivity index is 1.98. The minimum atomic E-state index is -4.32. The standard InChI is InChI=1S/C14H13BrF3N3/c1-8-6-13-19-11(9-2-4-10(15)5-3-9)7-12(14(16,17)18)21(13)20-8/h2-6,11-12,19H,7H2,1H3/t11-,12+/m0/s1. The van der Waals surface area contributed by atoms with Crippen molar-refractivity contribution in [2.24, 2.45) is 0 Å². The zero-order chi connectivity index (χ0) is 15.2. The van der Waals surface area contributed by atoms with Gasteiger partial charge in [-0.1, -0.05) is 28.1 Å². The molecule has 0 saturated carbocycles. The quantitative estimate of drug-likeness (QED) is 0.805. The molecule has 2 atom stereocenters. The molecule has 0 bridgehead atoms. The predicted octanol–water partition coefficient (Wildman–Crippen LogP) is 4.61. The number of hydrogen-bond donors (Lipinski definition) is 1. The lowest BCUT2D eigenvalue weighted by Crippen LogP contribution is -2.35. The number of hydrogen-bond acceptors (Lipinski definition) is 2. The Hall–Kier alpha value is -1.50. The van der Waals surface area contributed by atoms with Crippen molar-refractivity contribution in [3.8, 4) is 0 Å². The third-order valence-electron chi connectivity index (χ3n) is 3.58. The van der Waals surface area contributed by atoms with Gasteiger partial charge < -0.3 is 5.32 Å². The van der Waals surface area contributed by atoms with Crippen molar-refractivity contribution in [1.29, 1.82) is 0 Å². The first-order valence-corrected chi connectivity index (χ1v) is 7.29. The molecule has 1 aromatic heterocycles. The minimum absolute atomic E-state index is 0.0702. The molecular weight excluding hydrogens is 347 g/mol. The summed E-state index contributed by atoms with van der Waals surface area (Å²) in [6.45, 7) is 1.69. The summed E-state index contributed by atoms with van der Waals surface area (Å²) in [5, 5.41) is 7.11. The van der Waals surface area contributed by atoms with Gasteiger partial charge in [0.25, 0.3) is 0 Å². The van der Waals surface area contributed by atoms with Gasteiger partial charge in [-0.05, 0) is 24.6 Å². The van der Waals surface area contributed by atoms with Crippen LogP contribution >= 0.6 is 15.9 Å². The number of benzene rings is 1. The molecule has 3 rings (SSSR count). The normalized spacial score (nSPS) is 21.8. The molecule has 0 aliphatic carbocycles. The number of aryl methyl sites for hydroxylation is 1. The lowest BCUT2D eigenvalue weighted by molar-refractivity contribution is -0.173. The van der Waals surface area contributed by atoms with Crippen LogP contribution in [0.5, 0.6) is 0 Å². The number of fused-ring (bicyclic) bond motifs is 1. The summed E-state index contributed by atoms with van der Waals surface area (Å²) in [5.74, 6) is 0.411. The van der Waals surface area contributed by atoms with Crippen LogP contribution < -0.4 is 5.32 Å². The van der Waals surface area contributed by atoms with Gasteiger partial charge in [0.15, 0.2) is 6.04 Å². The van der Waals surface area contributed by atoms with Crippen molar-refractivity contribution in [3.63, 3.8) is 0 Å². The van der Waals surface area contributed by atoms with Gasteiger partial charge in [0.2, 0.25) is 0 Å². The summed E-state index contributed by atoms with van der Waals surface area (Å²) in [6, 6.07) is 6.98. The number of aromatic nitrogens is 2. The van der Waals surface area contributed by atoms with Crippen LogP contribution in [-0.4, -0.2) is 16.0 Å². The molecule has 112 valence electrons. The van der Waals surface area contributed by atoms with Crippen LogP contribution in [0.3, 0.4) is 0 Å². The van der Waals surface area contributed by atoms with Gasteiger partial charge in [0.1, 0.15) is 5.82 Å². The monoisotopic (exact) mass is 359 g/mol. The van der Waals surface area contributed by atoms with E-state index in [-0.39, 0.29) is 12.5 Å². The number of rotatable bonds is 1. The Morgan fingerprint density at radius 1 is 1.29 bits per heavy atom. The molecule has 2 aromatic rings. The maximum atomic E-state index is 13.3. The highest BCUT2D eigenvalue weighted by Gasteiger charge is 2.46. The number of nitrogens with zero attached hydrogens (tertiary/aromatic N) is 2. The van der Waals surface area contributed by atoms with Gasteiger partial charge in [0, 0.05) is 17.0 Å². The Morgan fingerprint density at radius 2 is 1.95 bits per heavy atom. The van der Waals surface area contributed by atoms with Crippen LogP contribution in [0.1, 0.15) is 29.8 Å². The van der Waals surface area contributed by atoms with E-state index in [9.17, 15) is 13.2 Å². The predicted molar refractivity (Wildman–Crippen MR) is 77.2 cm³/mol. The van der Waals surface area contributed by atoms with Gasteiger partial charge in [-0.25, -0.2) is 4.68 Å². The van der Waals surface area contributed by atoms with Gasteiger partial charge in [-0.2, -0.15) is 18.3 Å². The summed E-state index contributed by atoms with van der Waals surface area (Å²) in [7, 11) is 0. The van der Waals surface area contributed by atoms with Crippen molar-refractivity contribution >= 4 is 21.7 Å². The van der Waals surface area contributed by atoms with Crippen LogP contribution in [0.15, 0.2) is 34.8 Å². The van der Waals surface area contributed by atoms with E-state index >= 15 is 0 Å². The van der Waals surface area contributed by atoms with Gasteiger partial charge in [-0.15, -0.1) is 0 Å². The Morgan fingerprint density at radius 3 is 2.57 bits per heavy atom. The molecule has 1 aromatic carbocycles. The van der Waals surface area contributed by atoms with E-state index in [1.165, 1.54) is 0 Å². The molecule has 2 heterocycles. The van der Waals surface area contributed by atoms with E-state index in [1.54, 1.807) is 13.0 Å². The van der Waals surface area contributed by atoms with Crippen molar-refractivity contribution in [3.05, 3.63) is 46.1 Å². The average Bonchev–Trinajstić information content (AvgIpc) is 2.77. The second kappa shape index (κ2) is 5.05. The van der Waals surface area contributed by atoms with E-state index in [1.807, 2.05) is 24.3 Å².